The smallest absolute Gasteiger partial charge is 0.236 e. The van der Waals surface area contributed by atoms with E-state index in [0.717, 1.165) is 4.90 Å². The first-order valence-corrected chi connectivity index (χ1v) is 11.9. The lowest BCUT2D eigenvalue weighted by molar-refractivity contribution is 0.469. The van der Waals surface area contributed by atoms with E-state index in [4.69, 9.17) is 0 Å². The van der Waals surface area contributed by atoms with Crippen LogP contribution in [0, 0.1) is 0 Å². The average Bonchev–Trinajstić information content (AvgIpc) is 2.72. The van der Waals surface area contributed by atoms with E-state index in [1.807, 2.05) is 30.3 Å². The summed E-state index contributed by atoms with van der Waals surface area (Å²) >= 11 is 1.35. The molecule has 0 heterocycles. The summed E-state index contributed by atoms with van der Waals surface area (Å²) in [5.74, 6) is -0.515. The lowest BCUT2D eigenvalue weighted by Gasteiger charge is -2.16. The van der Waals surface area contributed by atoms with Crippen LogP contribution in [0.2, 0.25) is 0 Å². The van der Waals surface area contributed by atoms with Crippen LogP contribution < -0.4 is 4.72 Å². The van der Waals surface area contributed by atoms with E-state index in [2.05, 4.69) is 4.72 Å². The summed E-state index contributed by atoms with van der Waals surface area (Å²) in [7, 11) is -3.77. The van der Waals surface area contributed by atoms with Crippen molar-refractivity contribution >= 4 is 38.2 Å². The molecule has 0 radical (unpaired) electrons. The number of aromatic hydroxyl groups is 1. The van der Waals surface area contributed by atoms with E-state index in [9.17, 15) is 17.9 Å². The van der Waals surface area contributed by atoms with Crippen LogP contribution in [0.5, 0.6) is 5.75 Å². The Labute approximate surface area is 179 Å². The maximum Gasteiger partial charge on any atom is 0.236 e. The number of anilines is 1. The van der Waals surface area contributed by atoms with E-state index in [0.29, 0.717) is 39.8 Å². The molecular formula is C23H20FNO3S2. The van der Waals surface area contributed by atoms with Gasteiger partial charge in [0.1, 0.15) is 11.6 Å². The van der Waals surface area contributed by atoms with Gasteiger partial charge in [-0.05, 0) is 36.3 Å². The second-order valence-electron chi connectivity index (χ2n) is 7.00. The average molecular weight is 442 g/mol. The Morgan fingerprint density at radius 1 is 1.03 bits per heavy atom. The molecule has 0 atom stereocenters. The van der Waals surface area contributed by atoms with Gasteiger partial charge in [-0.15, -0.1) is 0 Å². The van der Waals surface area contributed by atoms with Crippen LogP contribution in [0.25, 0.3) is 10.8 Å². The van der Waals surface area contributed by atoms with Crippen molar-refractivity contribution in [1.29, 1.82) is 0 Å². The molecule has 4 nitrogen and oxygen atoms in total. The number of hydrogen-bond donors (Lipinski definition) is 2. The summed E-state index contributed by atoms with van der Waals surface area (Å²) < 4.78 is 41.8. The van der Waals surface area contributed by atoms with Crippen LogP contribution in [-0.4, -0.2) is 19.3 Å². The van der Waals surface area contributed by atoms with Crippen molar-refractivity contribution in [3.63, 3.8) is 0 Å². The highest BCUT2D eigenvalue weighted by Gasteiger charge is 2.19. The molecule has 0 saturated carbocycles. The summed E-state index contributed by atoms with van der Waals surface area (Å²) in [6.07, 6.45) is 3.83. The second kappa shape index (κ2) is 8.53. The van der Waals surface area contributed by atoms with Crippen molar-refractivity contribution in [2.45, 2.75) is 22.6 Å². The Bertz CT molecular complexity index is 1250. The van der Waals surface area contributed by atoms with Gasteiger partial charge in [-0.3, -0.25) is 4.72 Å². The molecule has 0 aliphatic heterocycles. The topological polar surface area (TPSA) is 66.4 Å². The van der Waals surface area contributed by atoms with Crippen molar-refractivity contribution in [1.82, 2.24) is 0 Å². The highest BCUT2D eigenvalue weighted by Crippen LogP contribution is 2.42. The number of benzene rings is 3. The van der Waals surface area contributed by atoms with Gasteiger partial charge in [0.2, 0.25) is 10.0 Å². The summed E-state index contributed by atoms with van der Waals surface area (Å²) in [5, 5.41) is 11.9. The van der Waals surface area contributed by atoms with Crippen LogP contribution in [0.3, 0.4) is 0 Å². The third-order valence-corrected chi connectivity index (χ3v) is 6.99. The molecule has 0 saturated heterocycles. The van der Waals surface area contributed by atoms with Gasteiger partial charge in [-0.1, -0.05) is 60.3 Å². The zero-order valence-corrected chi connectivity index (χ0v) is 17.6. The van der Waals surface area contributed by atoms with E-state index in [-0.39, 0.29) is 17.3 Å². The molecule has 1 aliphatic rings. The summed E-state index contributed by atoms with van der Waals surface area (Å²) in [6, 6.07) is 18.2. The Hall–Kier alpha value is -2.77. The predicted molar refractivity (Wildman–Crippen MR) is 120 cm³/mol. The quantitative estimate of drug-likeness (QED) is 0.460. The van der Waals surface area contributed by atoms with Gasteiger partial charge < -0.3 is 5.11 Å². The highest BCUT2D eigenvalue weighted by molar-refractivity contribution is 7.99. The molecule has 0 unspecified atom stereocenters. The zero-order chi connectivity index (χ0) is 21.1. The molecule has 3 aromatic rings. The SMILES string of the molecule is O=S(=O)(CC1=CCCC(F)=C1)Nc1cc(Sc2ccccc2)c(O)c2ccccc12. The number of phenols is 1. The summed E-state index contributed by atoms with van der Waals surface area (Å²) in [4.78, 5) is 1.46. The predicted octanol–water partition coefficient (Wildman–Crippen LogP) is 6.01. The van der Waals surface area contributed by atoms with Crippen LogP contribution in [0.15, 0.2) is 94.0 Å². The molecule has 2 N–H and O–H groups in total. The molecule has 0 spiro atoms. The van der Waals surface area contributed by atoms with E-state index >= 15 is 0 Å². The van der Waals surface area contributed by atoms with Crippen LogP contribution >= 0.6 is 11.8 Å². The Balaban J connectivity index is 1.71. The number of phenolic OH excluding ortho intramolecular Hbond substituents is 1. The highest BCUT2D eigenvalue weighted by atomic mass is 32.2. The fourth-order valence-corrected chi connectivity index (χ4v) is 5.51. The minimum Gasteiger partial charge on any atom is -0.506 e. The summed E-state index contributed by atoms with van der Waals surface area (Å²) in [6.45, 7) is 0. The Morgan fingerprint density at radius 2 is 1.73 bits per heavy atom. The lowest BCUT2D eigenvalue weighted by atomic mass is 10.1. The van der Waals surface area contributed by atoms with E-state index in [1.165, 1.54) is 17.8 Å². The standard InChI is InChI=1S/C23H20FNO3S2/c24-17-8-6-7-16(13-17)15-30(27,28)25-21-14-22(29-18-9-2-1-3-10-18)23(26)20-12-5-4-11-19(20)21/h1-5,7,9-14,25-26H,6,8,15H2. The molecular weight excluding hydrogens is 421 g/mol. The lowest BCUT2D eigenvalue weighted by Crippen LogP contribution is -2.18. The Morgan fingerprint density at radius 3 is 2.47 bits per heavy atom. The number of hydrogen-bond acceptors (Lipinski definition) is 4. The van der Waals surface area contributed by atoms with Gasteiger partial charge in [0.05, 0.1) is 16.3 Å². The van der Waals surface area contributed by atoms with Crippen LogP contribution in [-0.2, 0) is 10.0 Å². The minimum atomic E-state index is -3.77. The number of sulfonamides is 1. The van der Waals surface area contributed by atoms with E-state index in [1.54, 1.807) is 36.4 Å². The largest absolute Gasteiger partial charge is 0.506 e. The molecule has 4 rings (SSSR count). The molecule has 0 bridgehead atoms. The van der Waals surface area contributed by atoms with Crippen LogP contribution in [0.1, 0.15) is 12.8 Å². The zero-order valence-electron chi connectivity index (χ0n) is 16.0. The minimum absolute atomic E-state index is 0.0994. The molecule has 3 aromatic carbocycles. The van der Waals surface area contributed by atoms with Crippen molar-refractivity contribution in [3.8, 4) is 5.75 Å². The molecule has 7 heteroatoms. The summed E-state index contributed by atoms with van der Waals surface area (Å²) in [5.41, 5.74) is 0.816. The molecule has 0 amide bonds. The van der Waals surface area contributed by atoms with Crippen molar-refractivity contribution < 1.29 is 17.9 Å². The monoisotopic (exact) mass is 441 g/mol. The maximum atomic E-state index is 13.5. The van der Waals surface area contributed by atoms with Gasteiger partial charge in [-0.2, -0.15) is 0 Å². The first-order valence-electron chi connectivity index (χ1n) is 9.44. The fraction of sp³-hybridized carbons (Fsp3) is 0.130. The molecule has 30 heavy (non-hydrogen) atoms. The van der Waals surface area contributed by atoms with Gasteiger partial charge in [0.15, 0.2) is 0 Å². The molecule has 1 aliphatic carbocycles. The normalized spacial score (nSPS) is 14.3. The first kappa shape index (κ1) is 20.5. The van der Waals surface area contributed by atoms with Gasteiger partial charge in [-0.25, -0.2) is 12.8 Å². The van der Waals surface area contributed by atoms with Crippen molar-refractivity contribution in [2.24, 2.45) is 0 Å². The second-order valence-corrected chi connectivity index (χ2v) is 9.84. The molecule has 154 valence electrons. The number of halogens is 1. The van der Waals surface area contributed by atoms with Crippen molar-refractivity contribution in [2.75, 3.05) is 10.5 Å². The number of allylic oxidation sites excluding steroid dienone is 3. The van der Waals surface area contributed by atoms with Gasteiger partial charge >= 0.3 is 0 Å². The van der Waals surface area contributed by atoms with E-state index < -0.39 is 10.0 Å². The van der Waals surface area contributed by atoms with Crippen LogP contribution in [0.4, 0.5) is 10.1 Å². The Kier molecular flexibility index (Phi) is 5.83. The fourth-order valence-electron chi connectivity index (χ4n) is 3.36. The molecule has 0 fully saturated rings. The number of rotatable bonds is 6. The van der Waals surface area contributed by atoms with Gasteiger partial charge in [0.25, 0.3) is 0 Å². The van der Waals surface area contributed by atoms with Gasteiger partial charge in [0, 0.05) is 22.1 Å². The maximum absolute atomic E-state index is 13.5. The number of fused-ring (bicyclic) bond motifs is 1. The molecule has 0 aromatic heterocycles. The third kappa shape index (κ3) is 4.68. The number of nitrogens with one attached hydrogen (secondary N) is 1. The first-order chi connectivity index (χ1) is 14.4. The van der Waals surface area contributed by atoms with Crippen molar-refractivity contribution in [3.05, 3.63) is 84.2 Å². The third-order valence-electron chi connectivity index (χ3n) is 4.71.